The van der Waals surface area contributed by atoms with Crippen LogP contribution in [-0.2, 0) is 17.6 Å². The molecule has 1 aliphatic carbocycles. The van der Waals surface area contributed by atoms with Crippen LogP contribution in [0.2, 0.25) is 0 Å². The Morgan fingerprint density at radius 3 is 2.86 bits per heavy atom. The van der Waals surface area contributed by atoms with Crippen molar-refractivity contribution in [3.05, 3.63) is 40.9 Å². The number of benzene rings is 1. The second-order valence-corrected chi connectivity index (χ2v) is 7.66. The Bertz CT molecular complexity index is 601. The van der Waals surface area contributed by atoms with Gasteiger partial charge in [0.25, 0.3) is 0 Å². The number of hydrogen-bond acceptors (Lipinski definition) is 4. The zero-order chi connectivity index (χ0) is 15.2. The number of carbonyl (C=O) groups excluding carboxylic acids is 1. The van der Waals surface area contributed by atoms with Crippen LogP contribution < -0.4 is 5.32 Å². The van der Waals surface area contributed by atoms with Crippen molar-refractivity contribution in [2.75, 3.05) is 11.1 Å². The summed E-state index contributed by atoms with van der Waals surface area (Å²) in [5, 5.41) is 3.74. The van der Waals surface area contributed by atoms with Crippen molar-refractivity contribution < 1.29 is 4.79 Å². The van der Waals surface area contributed by atoms with Crippen LogP contribution in [0, 0.1) is 0 Å². The van der Waals surface area contributed by atoms with Crippen molar-refractivity contribution in [1.29, 1.82) is 0 Å². The van der Waals surface area contributed by atoms with Gasteiger partial charge in [-0.3, -0.25) is 4.79 Å². The summed E-state index contributed by atoms with van der Waals surface area (Å²) in [6.45, 7) is 0. The molecule has 22 heavy (non-hydrogen) atoms. The van der Waals surface area contributed by atoms with Crippen molar-refractivity contribution in [2.24, 2.45) is 0 Å². The highest BCUT2D eigenvalue weighted by Crippen LogP contribution is 2.29. The molecule has 0 spiro atoms. The highest BCUT2D eigenvalue weighted by atomic mass is 32.2. The number of aromatic nitrogens is 1. The Morgan fingerprint density at radius 2 is 2.05 bits per heavy atom. The molecule has 0 aliphatic heterocycles. The van der Waals surface area contributed by atoms with Crippen LogP contribution in [-0.4, -0.2) is 16.6 Å². The second kappa shape index (κ2) is 7.79. The molecule has 1 aromatic carbocycles. The number of fused-ring (bicyclic) bond motifs is 1. The minimum Gasteiger partial charge on any atom is -0.302 e. The fourth-order valence-corrected chi connectivity index (χ4v) is 4.47. The third kappa shape index (κ3) is 4.34. The van der Waals surface area contributed by atoms with Crippen LogP contribution >= 0.6 is 23.1 Å². The van der Waals surface area contributed by atoms with E-state index in [-0.39, 0.29) is 5.91 Å². The van der Waals surface area contributed by atoms with Gasteiger partial charge in [-0.25, -0.2) is 4.98 Å². The standard InChI is InChI=1S/C17H20N2OS2/c20-16(11-6-12-21-13-7-2-1-3-8-13)19-17-18-14-9-4-5-10-15(14)22-17/h1-3,7-8H,4-6,9-12H2,(H,18,19,20). The zero-order valence-corrected chi connectivity index (χ0v) is 14.1. The number of rotatable bonds is 6. The summed E-state index contributed by atoms with van der Waals surface area (Å²) in [5.74, 6) is 1.05. The SMILES string of the molecule is O=C(CCCSc1ccccc1)Nc1nc2c(s1)CCCC2. The first-order valence-corrected chi connectivity index (χ1v) is 9.58. The Hall–Kier alpha value is -1.33. The lowest BCUT2D eigenvalue weighted by atomic mass is 10.0. The molecule has 2 aromatic rings. The van der Waals surface area contributed by atoms with Gasteiger partial charge in [-0.1, -0.05) is 18.2 Å². The van der Waals surface area contributed by atoms with Gasteiger partial charge >= 0.3 is 0 Å². The summed E-state index contributed by atoms with van der Waals surface area (Å²) < 4.78 is 0. The van der Waals surface area contributed by atoms with E-state index in [1.807, 2.05) is 18.2 Å². The van der Waals surface area contributed by atoms with E-state index < -0.39 is 0 Å². The van der Waals surface area contributed by atoms with E-state index in [9.17, 15) is 4.79 Å². The molecule has 3 rings (SSSR count). The maximum atomic E-state index is 12.0. The summed E-state index contributed by atoms with van der Waals surface area (Å²) in [5.41, 5.74) is 1.20. The number of amides is 1. The molecule has 3 nitrogen and oxygen atoms in total. The van der Waals surface area contributed by atoms with E-state index >= 15 is 0 Å². The summed E-state index contributed by atoms with van der Waals surface area (Å²) in [7, 11) is 0. The Morgan fingerprint density at radius 1 is 1.23 bits per heavy atom. The normalized spacial score (nSPS) is 13.6. The number of aryl methyl sites for hydroxylation is 2. The smallest absolute Gasteiger partial charge is 0.226 e. The largest absolute Gasteiger partial charge is 0.302 e. The molecule has 0 fully saturated rings. The third-order valence-electron chi connectivity index (χ3n) is 3.65. The molecule has 0 bridgehead atoms. The number of hydrogen-bond donors (Lipinski definition) is 1. The van der Waals surface area contributed by atoms with Crippen molar-refractivity contribution in [1.82, 2.24) is 4.98 Å². The fourth-order valence-electron chi connectivity index (χ4n) is 2.53. The van der Waals surface area contributed by atoms with Crippen LogP contribution in [0.25, 0.3) is 0 Å². The van der Waals surface area contributed by atoms with Crippen LogP contribution in [0.3, 0.4) is 0 Å². The minimum absolute atomic E-state index is 0.0831. The van der Waals surface area contributed by atoms with Crippen molar-refractivity contribution in [3.8, 4) is 0 Å². The summed E-state index contributed by atoms with van der Waals surface area (Å²) in [4.78, 5) is 19.2. The molecular weight excluding hydrogens is 312 g/mol. The average Bonchev–Trinajstić information content (AvgIpc) is 2.94. The first-order chi connectivity index (χ1) is 10.8. The lowest BCUT2D eigenvalue weighted by Gasteiger charge is -2.06. The van der Waals surface area contributed by atoms with Crippen LogP contribution in [0.4, 0.5) is 5.13 Å². The first kappa shape index (κ1) is 15.6. The van der Waals surface area contributed by atoms with Gasteiger partial charge in [-0.15, -0.1) is 23.1 Å². The van der Waals surface area contributed by atoms with Crippen molar-refractivity contribution in [3.63, 3.8) is 0 Å². The molecule has 0 saturated heterocycles. The third-order valence-corrected chi connectivity index (χ3v) is 5.82. The Labute approximate surface area is 139 Å². The van der Waals surface area contributed by atoms with Crippen molar-refractivity contribution in [2.45, 2.75) is 43.4 Å². The number of thiazole rings is 1. The van der Waals surface area contributed by atoms with Crippen molar-refractivity contribution >= 4 is 34.1 Å². The number of anilines is 1. The molecule has 1 aliphatic rings. The number of thioether (sulfide) groups is 1. The van der Waals surface area contributed by atoms with Gasteiger partial charge in [-0.05, 0) is 50.0 Å². The first-order valence-electron chi connectivity index (χ1n) is 7.77. The highest BCUT2D eigenvalue weighted by molar-refractivity contribution is 7.99. The molecule has 0 unspecified atom stereocenters. The molecular formula is C17H20N2OS2. The van der Waals surface area contributed by atoms with Crippen LogP contribution in [0.1, 0.15) is 36.3 Å². The quantitative estimate of drug-likeness (QED) is 0.624. The number of carbonyl (C=O) groups is 1. The lowest BCUT2D eigenvalue weighted by molar-refractivity contribution is -0.116. The monoisotopic (exact) mass is 332 g/mol. The Kier molecular flexibility index (Phi) is 5.51. The van der Waals surface area contributed by atoms with E-state index in [4.69, 9.17) is 0 Å². The molecule has 1 amide bonds. The topological polar surface area (TPSA) is 42.0 Å². The van der Waals surface area contributed by atoms with Gasteiger partial charge in [0.1, 0.15) is 0 Å². The van der Waals surface area contributed by atoms with Gasteiger partial charge < -0.3 is 5.32 Å². The Balaban J connectivity index is 1.40. The highest BCUT2D eigenvalue weighted by Gasteiger charge is 2.16. The summed E-state index contributed by atoms with van der Waals surface area (Å²) in [6, 6.07) is 10.3. The fraction of sp³-hybridized carbons (Fsp3) is 0.412. The van der Waals surface area contributed by atoms with Gasteiger partial charge in [0.15, 0.2) is 5.13 Å². The van der Waals surface area contributed by atoms with Crippen LogP contribution in [0.15, 0.2) is 35.2 Å². The van der Waals surface area contributed by atoms with E-state index in [1.165, 1.54) is 28.3 Å². The number of nitrogens with one attached hydrogen (secondary N) is 1. The molecule has 116 valence electrons. The molecule has 1 aromatic heterocycles. The predicted octanol–water partition coefficient (Wildman–Crippen LogP) is 4.53. The van der Waals surface area contributed by atoms with Crippen LogP contribution in [0.5, 0.6) is 0 Å². The summed E-state index contributed by atoms with van der Waals surface area (Å²) >= 11 is 3.45. The van der Waals surface area contributed by atoms with Gasteiger partial charge in [0, 0.05) is 16.2 Å². The average molecular weight is 332 g/mol. The molecule has 1 N–H and O–H groups in total. The molecule has 5 heteroatoms. The van der Waals surface area contributed by atoms with E-state index in [1.54, 1.807) is 23.1 Å². The van der Waals surface area contributed by atoms with E-state index in [0.29, 0.717) is 6.42 Å². The summed E-state index contributed by atoms with van der Waals surface area (Å²) in [6.07, 6.45) is 6.10. The number of nitrogens with zero attached hydrogens (tertiary/aromatic N) is 1. The molecule has 1 heterocycles. The van der Waals surface area contributed by atoms with E-state index in [0.717, 1.165) is 30.1 Å². The van der Waals surface area contributed by atoms with Gasteiger partial charge in [0.05, 0.1) is 5.69 Å². The second-order valence-electron chi connectivity index (χ2n) is 5.41. The minimum atomic E-state index is 0.0831. The van der Waals surface area contributed by atoms with Gasteiger partial charge in [-0.2, -0.15) is 0 Å². The molecule has 0 saturated carbocycles. The molecule has 0 atom stereocenters. The van der Waals surface area contributed by atoms with E-state index in [2.05, 4.69) is 22.4 Å². The predicted molar refractivity (Wildman–Crippen MR) is 93.8 cm³/mol. The zero-order valence-electron chi connectivity index (χ0n) is 12.5. The van der Waals surface area contributed by atoms with Gasteiger partial charge in [0.2, 0.25) is 5.91 Å². The molecule has 0 radical (unpaired) electrons. The maximum absolute atomic E-state index is 12.0. The lowest BCUT2D eigenvalue weighted by Crippen LogP contribution is -2.11. The maximum Gasteiger partial charge on any atom is 0.226 e.